The molecule has 4 nitrogen and oxygen atoms in total. The lowest BCUT2D eigenvalue weighted by atomic mass is 9.64. The van der Waals surface area contributed by atoms with Crippen LogP contribution in [-0.2, 0) is 5.41 Å². The van der Waals surface area contributed by atoms with Crippen molar-refractivity contribution in [3.63, 3.8) is 0 Å². The van der Waals surface area contributed by atoms with Gasteiger partial charge in [-0.3, -0.25) is 0 Å². The topological polar surface area (TPSA) is 63.9 Å². The van der Waals surface area contributed by atoms with Crippen molar-refractivity contribution in [2.24, 2.45) is 0 Å². The second-order valence-electron chi connectivity index (χ2n) is 8.41. The molecule has 4 aromatic rings. The van der Waals surface area contributed by atoms with Crippen LogP contribution in [-0.4, -0.2) is 22.4 Å². The minimum absolute atomic E-state index is 0.140. The number of aryl methyl sites for hydroxylation is 1. The van der Waals surface area contributed by atoms with Crippen molar-refractivity contribution in [2.75, 3.05) is 11.9 Å². The fourth-order valence-electron chi connectivity index (χ4n) is 5.50. The Bertz CT molecular complexity index is 1410. The van der Waals surface area contributed by atoms with E-state index in [0.29, 0.717) is 0 Å². The number of nitrogens with zero attached hydrogens (tertiary/aromatic N) is 1. The zero-order chi connectivity index (χ0) is 21.5. The summed E-state index contributed by atoms with van der Waals surface area (Å²) in [5, 5.41) is 31.6. The van der Waals surface area contributed by atoms with Crippen LogP contribution in [0.15, 0.2) is 72.8 Å². The quantitative estimate of drug-likeness (QED) is 0.294. The third kappa shape index (κ3) is 2.04. The van der Waals surface area contributed by atoms with E-state index in [9.17, 15) is 15.3 Å². The highest BCUT2D eigenvalue weighted by Gasteiger charge is 2.51. The van der Waals surface area contributed by atoms with Crippen molar-refractivity contribution in [2.45, 2.75) is 12.3 Å². The number of phenolic OH excluding ortho intramolecular Hbond substituents is 3. The monoisotopic (exact) mass is 407 g/mol. The molecular weight excluding hydrogens is 386 g/mol. The Morgan fingerprint density at radius 1 is 0.613 bits per heavy atom. The summed E-state index contributed by atoms with van der Waals surface area (Å²) in [7, 11) is 2.04. The van der Waals surface area contributed by atoms with E-state index in [1.807, 2.05) is 56.4 Å². The molecule has 2 aliphatic rings. The largest absolute Gasteiger partial charge is 0.508 e. The van der Waals surface area contributed by atoms with E-state index in [-0.39, 0.29) is 17.2 Å². The molecule has 0 amide bonds. The molecule has 6 rings (SSSR count). The average molecular weight is 407 g/mol. The van der Waals surface area contributed by atoms with Crippen molar-refractivity contribution in [1.82, 2.24) is 0 Å². The van der Waals surface area contributed by atoms with Crippen LogP contribution < -0.4 is 4.90 Å². The summed E-state index contributed by atoms with van der Waals surface area (Å²) in [6, 6.07) is 23.6. The molecular formula is C27H21NO3. The molecule has 1 aliphatic heterocycles. The van der Waals surface area contributed by atoms with Crippen LogP contribution in [0.2, 0.25) is 0 Å². The summed E-state index contributed by atoms with van der Waals surface area (Å²) in [6.07, 6.45) is 0. The van der Waals surface area contributed by atoms with Gasteiger partial charge < -0.3 is 20.2 Å². The first-order valence-corrected chi connectivity index (χ1v) is 10.3. The van der Waals surface area contributed by atoms with E-state index >= 15 is 0 Å². The standard InChI is InChI=1S/C27H21NO3/c1-15-11-23-21(14-24(15)29)27(19-9-5-6-10-22(19)28(23)2)18-8-4-3-7-16(18)17-12-25(30)26(31)13-20(17)27/h3-14,29-31H,1-2H3. The number of hydrogen-bond acceptors (Lipinski definition) is 4. The maximum absolute atomic E-state index is 10.7. The third-order valence-corrected chi connectivity index (χ3v) is 6.89. The van der Waals surface area contributed by atoms with Gasteiger partial charge in [0.1, 0.15) is 5.75 Å². The first kappa shape index (κ1) is 17.9. The first-order valence-electron chi connectivity index (χ1n) is 10.3. The van der Waals surface area contributed by atoms with Crippen LogP contribution in [0.25, 0.3) is 11.1 Å². The molecule has 1 aliphatic carbocycles. The number of aromatic hydroxyl groups is 3. The number of rotatable bonds is 0. The number of benzene rings is 4. The van der Waals surface area contributed by atoms with Crippen molar-refractivity contribution in [3.8, 4) is 28.4 Å². The van der Waals surface area contributed by atoms with Gasteiger partial charge >= 0.3 is 0 Å². The van der Waals surface area contributed by atoms with Gasteiger partial charge in [-0.15, -0.1) is 0 Å². The van der Waals surface area contributed by atoms with E-state index in [0.717, 1.165) is 50.3 Å². The van der Waals surface area contributed by atoms with Crippen LogP contribution in [0.1, 0.15) is 27.8 Å². The molecule has 152 valence electrons. The molecule has 1 spiro atoms. The van der Waals surface area contributed by atoms with Gasteiger partial charge in [0.25, 0.3) is 0 Å². The van der Waals surface area contributed by atoms with Crippen molar-refractivity contribution < 1.29 is 15.3 Å². The second-order valence-corrected chi connectivity index (χ2v) is 8.41. The molecule has 0 saturated carbocycles. The van der Waals surface area contributed by atoms with Gasteiger partial charge in [0.05, 0.1) is 5.41 Å². The molecule has 31 heavy (non-hydrogen) atoms. The maximum atomic E-state index is 10.7. The number of para-hydroxylation sites is 1. The molecule has 1 unspecified atom stereocenters. The zero-order valence-electron chi connectivity index (χ0n) is 17.2. The van der Waals surface area contributed by atoms with Crippen LogP contribution in [0.5, 0.6) is 17.2 Å². The zero-order valence-corrected chi connectivity index (χ0v) is 17.2. The Kier molecular flexibility index (Phi) is 3.36. The molecule has 0 radical (unpaired) electrons. The van der Waals surface area contributed by atoms with E-state index < -0.39 is 5.41 Å². The third-order valence-electron chi connectivity index (χ3n) is 6.89. The minimum atomic E-state index is -0.722. The van der Waals surface area contributed by atoms with Crippen molar-refractivity contribution in [1.29, 1.82) is 0 Å². The van der Waals surface area contributed by atoms with Crippen LogP contribution in [0.3, 0.4) is 0 Å². The van der Waals surface area contributed by atoms with Crippen LogP contribution in [0.4, 0.5) is 11.4 Å². The fourth-order valence-corrected chi connectivity index (χ4v) is 5.50. The highest BCUT2D eigenvalue weighted by molar-refractivity contribution is 5.94. The van der Waals surface area contributed by atoms with Gasteiger partial charge in [-0.25, -0.2) is 0 Å². The molecule has 0 saturated heterocycles. The highest BCUT2D eigenvalue weighted by Crippen LogP contribution is 2.63. The molecule has 1 heterocycles. The summed E-state index contributed by atoms with van der Waals surface area (Å²) >= 11 is 0. The number of fused-ring (bicyclic) bond motifs is 9. The van der Waals surface area contributed by atoms with E-state index in [4.69, 9.17) is 0 Å². The average Bonchev–Trinajstić information content (AvgIpc) is 3.04. The highest BCUT2D eigenvalue weighted by atomic mass is 16.3. The van der Waals surface area contributed by atoms with E-state index in [2.05, 4.69) is 23.1 Å². The van der Waals surface area contributed by atoms with Gasteiger partial charge in [-0.1, -0.05) is 42.5 Å². The summed E-state index contributed by atoms with van der Waals surface area (Å²) in [4.78, 5) is 2.16. The van der Waals surface area contributed by atoms with Gasteiger partial charge in [0.2, 0.25) is 0 Å². The van der Waals surface area contributed by atoms with Crippen molar-refractivity contribution in [3.05, 3.63) is 101 Å². The van der Waals surface area contributed by atoms with E-state index in [1.54, 1.807) is 12.1 Å². The van der Waals surface area contributed by atoms with Gasteiger partial charge in [-0.2, -0.15) is 0 Å². The summed E-state index contributed by atoms with van der Waals surface area (Å²) in [5.74, 6) is -0.0566. The molecule has 0 aromatic heterocycles. The number of anilines is 2. The Hall–Kier alpha value is -3.92. The van der Waals surface area contributed by atoms with Gasteiger partial charge in [0, 0.05) is 18.4 Å². The normalized spacial score (nSPS) is 17.8. The minimum Gasteiger partial charge on any atom is -0.508 e. The number of hydrogen-bond donors (Lipinski definition) is 3. The van der Waals surface area contributed by atoms with Gasteiger partial charge in [0.15, 0.2) is 11.5 Å². The fraction of sp³-hybridized carbons (Fsp3) is 0.111. The Balaban J connectivity index is 1.88. The first-order chi connectivity index (χ1) is 14.9. The predicted octanol–water partition coefficient (Wildman–Crippen LogP) is 5.56. The van der Waals surface area contributed by atoms with Crippen molar-refractivity contribution >= 4 is 11.4 Å². The Morgan fingerprint density at radius 3 is 2.06 bits per heavy atom. The molecule has 4 heteroatoms. The summed E-state index contributed by atoms with van der Waals surface area (Å²) < 4.78 is 0. The lowest BCUT2D eigenvalue weighted by Crippen LogP contribution is -2.36. The predicted molar refractivity (Wildman–Crippen MR) is 122 cm³/mol. The summed E-state index contributed by atoms with van der Waals surface area (Å²) in [6.45, 7) is 1.90. The Morgan fingerprint density at radius 2 is 1.26 bits per heavy atom. The molecule has 1 atom stereocenters. The van der Waals surface area contributed by atoms with Crippen LogP contribution >= 0.6 is 0 Å². The van der Waals surface area contributed by atoms with Gasteiger partial charge in [-0.05, 0) is 76.2 Å². The van der Waals surface area contributed by atoms with Crippen LogP contribution in [0, 0.1) is 6.92 Å². The molecule has 0 bridgehead atoms. The molecule has 3 N–H and O–H groups in total. The summed E-state index contributed by atoms with van der Waals surface area (Å²) in [5.41, 5.74) is 8.04. The Labute approximate surface area is 180 Å². The SMILES string of the molecule is Cc1cc2c(cc1O)C1(c3ccccc3-c3cc(O)c(O)cc31)c1ccccc1N2C. The second kappa shape index (κ2) is 5.82. The molecule has 4 aromatic carbocycles. The smallest absolute Gasteiger partial charge is 0.158 e. The lowest BCUT2D eigenvalue weighted by Gasteiger charge is -2.44. The maximum Gasteiger partial charge on any atom is 0.158 e. The number of phenols is 3. The van der Waals surface area contributed by atoms with E-state index in [1.165, 1.54) is 0 Å². The molecule has 0 fully saturated rings. The lowest BCUT2D eigenvalue weighted by molar-refractivity contribution is 0.403.